The molecule has 240 valence electrons. The molecule has 0 saturated carbocycles. The van der Waals surface area contributed by atoms with Crippen LogP contribution in [0.15, 0.2) is 103 Å². The number of carbonyl (C=O) groups is 2. The second-order valence-corrected chi connectivity index (χ2v) is 11.7. The van der Waals surface area contributed by atoms with Gasteiger partial charge in [-0.25, -0.2) is 0 Å². The fourth-order valence-electron chi connectivity index (χ4n) is 6.20. The number of aryl methyl sites for hydroxylation is 1. The van der Waals surface area contributed by atoms with Crippen molar-refractivity contribution in [2.45, 2.75) is 63.5 Å². The van der Waals surface area contributed by atoms with Crippen molar-refractivity contribution in [2.24, 2.45) is 5.92 Å². The molecule has 1 saturated heterocycles. The maximum Gasteiger partial charge on any atom is 0.573 e. The normalized spacial score (nSPS) is 16.2. The molecule has 6 nitrogen and oxygen atoms in total. The van der Waals surface area contributed by atoms with E-state index >= 15 is 0 Å². The number of amides is 1. The molecule has 4 aromatic rings. The van der Waals surface area contributed by atoms with Crippen LogP contribution in [-0.4, -0.2) is 45.7 Å². The van der Waals surface area contributed by atoms with Gasteiger partial charge in [0.2, 0.25) is 0 Å². The van der Waals surface area contributed by atoms with E-state index in [1.165, 1.54) is 18.2 Å². The molecule has 5 rings (SSSR count). The van der Waals surface area contributed by atoms with Gasteiger partial charge in [0.15, 0.2) is 5.78 Å². The smallest absolute Gasteiger partial charge is 0.406 e. The van der Waals surface area contributed by atoms with Gasteiger partial charge in [0.05, 0.1) is 12.1 Å². The second-order valence-electron chi connectivity index (χ2n) is 11.7. The number of ketones is 1. The molecule has 46 heavy (non-hydrogen) atoms. The van der Waals surface area contributed by atoms with Gasteiger partial charge in [0, 0.05) is 36.5 Å². The summed E-state index contributed by atoms with van der Waals surface area (Å²) in [5.41, 5.74) is 3.54. The largest absolute Gasteiger partial charge is 0.573 e. The van der Waals surface area contributed by atoms with Crippen molar-refractivity contribution >= 4 is 11.7 Å². The highest BCUT2D eigenvalue weighted by Gasteiger charge is 2.32. The summed E-state index contributed by atoms with van der Waals surface area (Å²) in [4.78, 5) is 33.2. The summed E-state index contributed by atoms with van der Waals surface area (Å²) in [6.07, 6.45) is 1.47. The molecule has 1 aromatic heterocycles. The number of aliphatic hydroxyl groups excluding tert-OH is 1. The molecule has 0 radical (unpaired) electrons. The summed E-state index contributed by atoms with van der Waals surface area (Å²) in [5, 5.41) is 11.3. The van der Waals surface area contributed by atoms with Gasteiger partial charge in [-0.3, -0.25) is 14.6 Å². The molecular weight excluding hydrogens is 593 g/mol. The van der Waals surface area contributed by atoms with Gasteiger partial charge in [0.25, 0.3) is 5.91 Å². The SMILES string of the molecule is O=C(C[C@@H](Cc1ccccc1)[C@H](O)CCCc1cccc(OC(F)(F)F)c1)c1cccc(C(=O)N2CCCC2c2ccncc2)c1. The van der Waals surface area contributed by atoms with Crippen molar-refractivity contribution in [2.75, 3.05) is 6.54 Å². The van der Waals surface area contributed by atoms with Gasteiger partial charge < -0.3 is 14.7 Å². The van der Waals surface area contributed by atoms with Crippen LogP contribution in [0.3, 0.4) is 0 Å². The summed E-state index contributed by atoms with van der Waals surface area (Å²) in [7, 11) is 0. The number of hydrogen-bond donors (Lipinski definition) is 1. The van der Waals surface area contributed by atoms with Crippen LogP contribution in [0.4, 0.5) is 13.2 Å². The Kier molecular flexibility index (Phi) is 10.9. The average Bonchev–Trinajstić information content (AvgIpc) is 3.55. The Morgan fingerprint density at radius 2 is 1.63 bits per heavy atom. The van der Waals surface area contributed by atoms with E-state index in [2.05, 4.69) is 9.72 Å². The molecule has 0 aliphatic carbocycles. The monoisotopic (exact) mass is 630 g/mol. The number of aliphatic hydroxyl groups is 1. The van der Waals surface area contributed by atoms with Crippen LogP contribution in [0.2, 0.25) is 0 Å². The van der Waals surface area contributed by atoms with Crippen LogP contribution in [0, 0.1) is 5.92 Å². The Labute approximate surface area is 266 Å². The van der Waals surface area contributed by atoms with E-state index in [9.17, 15) is 27.9 Å². The van der Waals surface area contributed by atoms with Gasteiger partial charge in [-0.05, 0) is 97.5 Å². The molecule has 1 amide bonds. The first-order valence-electron chi connectivity index (χ1n) is 15.6. The van der Waals surface area contributed by atoms with Crippen LogP contribution in [0.25, 0.3) is 0 Å². The van der Waals surface area contributed by atoms with Gasteiger partial charge in [-0.2, -0.15) is 0 Å². The number of rotatable bonds is 13. The summed E-state index contributed by atoms with van der Waals surface area (Å²) < 4.78 is 41.9. The lowest BCUT2D eigenvalue weighted by Gasteiger charge is -2.25. The van der Waals surface area contributed by atoms with Crippen LogP contribution in [0.5, 0.6) is 5.75 Å². The number of nitrogens with zero attached hydrogens (tertiary/aromatic N) is 2. The Morgan fingerprint density at radius 3 is 2.39 bits per heavy atom. The minimum Gasteiger partial charge on any atom is -0.406 e. The fourth-order valence-corrected chi connectivity index (χ4v) is 6.20. The number of Topliss-reactive ketones (excluding diaryl/α,β-unsaturated/α-hetero) is 1. The number of ether oxygens (including phenoxy) is 1. The standard InChI is InChI=1S/C37H37F3N2O4/c38-37(39,40)46-32-14-4-10-27(23-32)11-5-16-34(43)31(22-26-8-2-1-3-9-26)25-35(44)29-12-6-13-30(24-29)36(45)42-21-7-15-33(42)28-17-19-41-20-18-28/h1-4,6,8-10,12-14,17-20,23-24,31,33-34,43H,5,7,11,15-16,21-22,25H2/t31-,33?,34-/m1/s1. The average molecular weight is 631 g/mol. The summed E-state index contributed by atoms with van der Waals surface area (Å²) in [5.74, 6) is -0.974. The zero-order chi connectivity index (χ0) is 32.5. The van der Waals surface area contributed by atoms with Crippen molar-refractivity contribution in [3.05, 3.63) is 131 Å². The van der Waals surface area contributed by atoms with Crippen LogP contribution >= 0.6 is 0 Å². The third-order valence-electron chi connectivity index (χ3n) is 8.47. The molecule has 3 atom stereocenters. The van der Waals surface area contributed by atoms with E-state index in [0.717, 1.165) is 24.0 Å². The van der Waals surface area contributed by atoms with Crippen LogP contribution in [0.1, 0.15) is 75.6 Å². The highest BCUT2D eigenvalue weighted by molar-refractivity contribution is 6.01. The van der Waals surface area contributed by atoms with Gasteiger partial charge in [-0.15, -0.1) is 13.2 Å². The van der Waals surface area contributed by atoms with E-state index < -0.39 is 18.4 Å². The zero-order valence-corrected chi connectivity index (χ0v) is 25.4. The molecule has 0 bridgehead atoms. The molecule has 0 spiro atoms. The van der Waals surface area contributed by atoms with Crippen molar-refractivity contribution in [1.82, 2.24) is 9.88 Å². The number of halogens is 3. The van der Waals surface area contributed by atoms with Gasteiger partial charge in [-0.1, -0.05) is 54.6 Å². The maximum absolute atomic E-state index is 13.6. The van der Waals surface area contributed by atoms with Gasteiger partial charge >= 0.3 is 6.36 Å². The molecule has 1 aliphatic rings. The summed E-state index contributed by atoms with van der Waals surface area (Å²) >= 11 is 0. The number of benzene rings is 3. The predicted octanol–water partition coefficient (Wildman–Crippen LogP) is 7.77. The lowest BCUT2D eigenvalue weighted by Crippen LogP contribution is -2.30. The van der Waals surface area contributed by atoms with E-state index in [1.54, 1.807) is 42.7 Å². The van der Waals surface area contributed by atoms with Crippen molar-refractivity contribution in [3.63, 3.8) is 0 Å². The molecule has 1 unspecified atom stereocenters. The number of carbonyl (C=O) groups excluding carboxylic acids is 2. The van der Waals surface area contributed by atoms with Crippen LogP contribution < -0.4 is 4.74 Å². The molecule has 2 heterocycles. The summed E-state index contributed by atoms with van der Waals surface area (Å²) in [6, 6.07) is 26.0. The van der Waals surface area contributed by atoms with E-state index in [1.807, 2.05) is 47.4 Å². The molecule has 1 aliphatic heterocycles. The quantitative estimate of drug-likeness (QED) is 0.153. The number of likely N-dealkylation sites (tertiary alicyclic amines) is 1. The minimum absolute atomic E-state index is 0.0418. The molecule has 1 N–H and O–H groups in total. The number of pyridine rings is 1. The van der Waals surface area contributed by atoms with Crippen molar-refractivity contribution < 1.29 is 32.6 Å². The highest BCUT2D eigenvalue weighted by Crippen LogP contribution is 2.33. The first-order valence-corrected chi connectivity index (χ1v) is 15.6. The molecule has 3 aromatic carbocycles. The first kappa shape index (κ1) is 32.9. The number of hydrogen-bond acceptors (Lipinski definition) is 5. The Bertz CT molecular complexity index is 1600. The Balaban J connectivity index is 1.25. The second kappa shape index (κ2) is 15.2. The Morgan fingerprint density at radius 1 is 0.913 bits per heavy atom. The Hall–Kier alpha value is -4.50. The van der Waals surface area contributed by atoms with E-state index in [-0.39, 0.29) is 29.9 Å². The molecule has 1 fully saturated rings. The number of alkyl halides is 3. The third-order valence-corrected chi connectivity index (χ3v) is 8.47. The van der Waals surface area contributed by atoms with Gasteiger partial charge in [0.1, 0.15) is 5.75 Å². The number of aromatic nitrogens is 1. The van der Waals surface area contributed by atoms with Crippen molar-refractivity contribution in [3.8, 4) is 5.75 Å². The van der Waals surface area contributed by atoms with E-state index in [4.69, 9.17) is 0 Å². The highest BCUT2D eigenvalue weighted by atomic mass is 19.4. The third kappa shape index (κ3) is 9.03. The predicted molar refractivity (Wildman–Crippen MR) is 168 cm³/mol. The lowest BCUT2D eigenvalue weighted by molar-refractivity contribution is -0.274. The van der Waals surface area contributed by atoms with Crippen molar-refractivity contribution in [1.29, 1.82) is 0 Å². The fraction of sp³-hybridized carbons (Fsp3) is 0.324. The van der Waals surface area contributed by atoms with Crippen LogP contribution in [-0.2, 0) is 12.8 Å². The molecular formula is C37H37F3N2O4. The summed E-state index contributed by atoms with van der Waals surface area (Å²) in [6.45, 7) is 0.634. The topological polar surface area (TPSA) is 79.7 Å². The lowest BCUT2D eigenvalue weighted by atomic mass is 9.85. The zero-order valence-electron chi connectivity index (χ0n) is 25.4. The maximum atomic E-state index is 13.6. The minimum atomic E-state index is -4.77. The van der Waals surface area contributed by atoms with E-state index in [0.29, 0.717) is 48.9 Å². The first-order chi connectivity index (χ1) is 22.2. The molecule has 9 heteroatoms.